The fourth-order valence-electron chi connectivity index (χ4n) is 1.99. The normalized spacial score (nSPS) is 10.4. The van der Waals surface area contributed by atoms with Crippen molar-refractivity contribution in [2.45, 2.75) is 26.2 Å². The SMILES string of the molecule is Cc1cc(F)ccc1CC(=O)CCc1cccnc1. The number of hydrogen-bond acceptors (Lipinski definition) is 2. The fraction of sp³-hybridized carbons (Fsp3) is 0.250. The molecular formula is C16H16FNO. The van der Waals surface area contributed by atoms with Gasteiger partial charge in [-0.3, -0.25) is 9.78 Å². The van der Waals surface area contributed by atoms with Crippen molar-refractivity contribution < 1.29 is 9.18 Å². The zero-order chi connectivity index (χ0) is 13.7. The molecule has 2 rings (SSSR count). The average molecular weight is 257 g/mol. The monoisotopic (exact) mass is 257 g/mol. The van der Waals surface area contributed by atoms with Crippen LogP contribution in [0.5, 0.6) is 0 Å². The van der Waals surface area contributed by atoms with Gasteiger partial charge in [0.15, 0.2) is 0 Å². The molecule has 98 valence electrons. The molecule has 0 amide bonds. The summed E-state index contributed by atoms with van der Waals surface area (Å²) in [6.45, 7) is 1.83. The predicted molar refractivity (Wildman–Crippen MR) is 72.4 cm³/mol. The number of aryl methyl sites for hydroxylation is 2. The second kappa shape index (κ2) is 6.23. The lowest BCUT2D eigenvalue weighted by molar-refractivity contribution is -0.118. The van der Waals surface area contributed by atoms with Crippen LogP contribution >= 0.6 is 0 Å². The molecule has 0 unspecified atom stereocenters. The molecule has 0 aliphatic rings. The van der Waals surface area contributed by atoms with Crippen LogP contribution in [0, 0.1) is 12.7 Å². The minimum atomic E-state index is -0.260. The third-order valence-corrected chi connectivity index (χ3v) is 3.11. The lowest BCUT2D eigenvalue weighted by Crippen LogP contribution is -2.06. The highest BCUT2D eigenvalue weighted by Crippen LogP contribution is 2.12. The van der Waals surface area contributed by atoms with Gasteiger partial charge in [-0.25, -0.2) is 4.39 Å². The van der Waals surface area contributed by atoms with Gasteiger partial charge in [0.25, 0.3) is 0 Å². The Morgan fingerprint density at radius 1 is 1.32 bits per heavy atom. The molecule has 1 aromatic heterocycles. The van der Waals surface area contributed by atoms with Crippen LogP contribution < -0.4 is 0 Å². The molecule has 1 aromatic carbocycles. The Bertz CT molecular complexity index is 566. The number of nitrogens with zero attached hydrogens (tertiary/aromatic N) is 1. The van der Waals surface area contributed by atoms with Crippen LogP contribution in [-0.2, 0) is 17.6 Å². The molecule has 0 N–H and O–H groups in total. The van der Waals surface area contributed by atoms with Crippen LogP contribution in [0.4, 0.5) is 4.39 Å². The number of halogens is 1. The van der Waals surface area contributed by atoms with E-state index in [9.17, 15) is 9.18 Å². The average Bonchev–Trinajstić information content (AvgIpc) is 2.41. The second-order valence-electron chi connectivity index (χ2n) is 4.65. The molecule has 0 saturated carbocycles. The van der Waals surface area contributed by atoms with Crippen LogP contribution in [0.25, 0.3) is 0 Å². The van der Waals surface area contributed by atoms with Gasteiger partial charge in [-0.1, -0.05) is 12.1 Å². The number of pyridine rings is 1. The van der Waals surface area contributed by atoms with E-state index in [2.05, 4.69) is 4.98 Å². The van der Waals surface area contributed by atoms with Crippen LogP contribution in [0.15, 0.2) is 42.7 Å². The number of Topliss-reactive ketones (excluding diaryl/α,β-unsaturated/α-hetero) is 1. The summed E-state index contributed by atoms with van der Waals surface area (Å²) in [5, 5.41) is 0. The molecule has 0 radical (unpaired) electrons. The topological polar surface area (TPSA) is 30.0 Å². The first-order chi connectivity index (χ1) is 9.15. The molecule has 0 atom stereocenters. The van der Waals surface area contributed by atoms with E-state index in [0.29, 0.717) is 19.3 Å². The number of ketones is 1. The van der Waals surface area contributed by atoms with Gasteiger partial charge < -0.3 is 0 Å². The number of benzene rings is 1. The highest BCUT2D eigenvalue weighted by atomic mass is 19.1. The smallest absolute Gasteiger partial charge is 0.137 e. The Morgan fingerprint density at radius 3 is 2.84 bits per heavy atom. The van der Waals surface area contributed by atoms with Crippen LogP contribution in [-0.4, -0.2) is 10.8 Å². The quantitative estimate of drug-likeness (QED) is 0.822. The van der Waals surface area contributed by atoms with Crippen LogP contribution in [0.2, 0.25) is 0 Å². The standard InChI is InChI=1S/C16H16FNO/c1-12-9-15(17)6-5-14(12)10-16(19)7-4-13-3-2-8-18-11-13/h2-3,5-6,8-9,11H,4,7,10H2,1H3. The molecule has 0 spiro atoms. The third kappa shape index (κ3) is 3.98. The molecule has 0 saturated heterocycles. The van der Waals surface area contributed by atoms with Gasteiger partial charge >= 0.3 is 0 Å². The van der Waals surface area contributed by atoms with Gasteiger partial charge in [0.2, 0.25) is 0 Å². The molecule has 19 heavy (non-hydrogen) atoms. The summed E-state index contributed by atoms with van der Waals surface area (Å²) in [5.41, 5.74) is 2.79. The highest BCUT2D eigenvalue weighted by Gasteiger charge is 2.07. The zero-order valence-corrected chi connectivity index (χ0v) is 10.9. The van der Waals surface area contributed by atoms with Crippen molar-refractivity contribution in [1.29, 1.82) is 0 Å². The summed E-state index contributed by atoms with van der Waals surface area (Å²) in [7, 11) is 0. The number of rotatable bonds is 5. The van der Waals surface area contributed by atoms with Gasteiger partial charge in [0.05, 0.1) is 0 Å². The van der Waals surface area contributed by atoms with Crippen LogP contribution in [0.3, 0.4) is 0 Å². The van der Waals surface area contributed by atoms with Crippen molar-refractivity contribution in [3.05, 3.63) is 65.2 Å². The summed E-state index contributed by atoms with van der Waals surface area (Å²) in [6, 6.07) is 8.38. The molecule has 3 heteroatoms. The maximum absolute atomic E-state index is 13.0. The minimum absolute atomic E-state index is 0.165. The molecular weight excluding hydrogens is 241 g/mol. The lowest BCUT2D eigenvalue weighted by atomic mass is 10.00. The molecule has 0 bridgehead atoms. The van der Waals surface area contributed by atoms with Crippen molar-refractivity contribution in [2.75, 3.05) is 0 Å². The van der Waals surface area contributed by atoms with Crippen molar-refractivity contribution >= 4 is 5.78 Å². The largest absolute Gasteiger partial charge is 0.299 e. The Hall–Kier alpha value is -2.03. The molecule has 0 aliphatic carbocycles. The summed E-state index contributed by atoms with van der Waals surface area (Å²) >= 11 is 0. The van der Waals surface area contributed by atoms with Crippen molar-refractivity contribution in [2.24, 2.45) is 0 Å². The first-order valence-corrected chi connectivity index (χ1v) is 6.31. The van der Waals surface area contributed by atoms with Crippen LogP contribution in [0.1, 0.15) is 23.1 Å². The molecule has 2 aromatic rings. The van der Waals surface area contributed by atoms with Crippen molar-refractivity contribution in [3.8, 4) is 0 Å². The van der Waals surface area contributed by atoms with Gasteiger partial charge in [-0.05, 0) is 48.2 Å². The summed E-state index contributed by atoms with van der Waals surface area (Å²) in [6.07, 6.45) is 5.05. The van der Waals surface area contributed by atoms with E-state index in [1.807, 2.05) is 19.1 Å². The van der Waals surface area contributed by atoms with Crippen molar-refractivity contribution in [3.63, 3.8) is 0 Å². The Morgan fingerprint density at radius 2 is 2.16 bits per heavy atom. The Labute approximate surface area is 112 Å². The molecule has 0 aliphatic heterocycles. The van der Waals surface area contributed by atoms with E-state index >= 15 is 0 Å². The number of hydrogen-bond donors (Lipinski definition) is 0. The van der Waals surface area contributed by atoms with E-state index in [1.54, 1.807) is 18.5 Å². The van der Waals surface area contributed by atoms with E-state index in [0.717, 1.165) is 16.7 Å². The van der Waals surface area contributed by atoms with Crippen molar-refractivity contribution in [1.82, 2.24) is 4.98 Å². The maximum Gasteiger partial charge on any atom is 0.137 e. The number of aromatic nitrogens is 1. The van der Waals surface area contributed by atoms with Gasteiger partial charge in [-0.15, -0.1) is 0 Å². The zero-order valence-electron chi connectivity index (χ0n) is 10.9. The maximum atomic E-state index is 13.0. The van der Waals surface area contributed by atoms with Gasteiger partial charge in [0.1, 0.15) is 11.6 Å². The van der Waals surface area contributed by atoms with E-state index in [-0.39, 0.29) is 11.6 Å². The Kier molecular flexibility index (Phi) is 4.39. The number of carbonyl (C=O) groups excluding carboxylic acids is 1. The highest BCUT2D eigenvalue weighted by molar-refractivity contribution is 5.81. The molecule has 1 heterocycles. The fourth-order valence-corrected chi connectivity index (χ4v) is 1.99. The second-order valence-corrected chi connectivity index (χ2v) is 4.65. The van der Waals surface area contributed by atoms with E-state index in [4.69, 9.17) is 0 Å². The summed E-state index contributed by atoms with van der Waals surface area (Å²) < 4.78 is 13.0. The first kappa shape index (κ1) is 13.4. The minimum Gasteiger partial charge on any atom is -0.299 e. The summed E-state index contributed by atoms with van der Waals surface area (Å²) in [5.74, 6) is -0.0948. The van der Waals surface area contributed by atoms with Gasteiger partial charge in [0, 0.05) is 25.2 Å². The summed E-state index contributed by atoms with van der Waals surface area (Å²) in [4.78, 5) is 15.9. The van der Waals surface area contributed by atoms with E-state index < -0.39 is 0 Å². The van der Waals surface area contributed by atoms with E-state index in [1.165, 1.54) is 12.1 Å². The predicted octanol–water partition coefficient (Wildman–Crippen LogP) is 3.27. The molecule has 0 fully saturated rings. The number of carbonyl (C=O) groups is 1. The lowest BCUT2D eigenvalue weighted by Gasteiger charge is -2.05. The Balaban J connectivity index is 1.91. The molecule has 2 nitrogen and oxygen atoms in total. The van der Waals surface area contributed by atoms with Gasteiger partial charge in [-0.2, -0.15) is 0 Å². The third-order valence-electron chi connectivity index (χ3n) is 3.11. The first-order valence-electron chi connectivity index (χ1n) is 6.31.